The highest BCUT2D eigenvalue weighted by Gasteiger charge is 2.18. The summed E-state index contributed by atoms with van der Waals surface area (Å²) in [7, 11) is 1.87. The third-order valence-electron chi connectivity index (χ3n) is 3.45. The van der Waals surface area contributed by atoms with Gasteiger partial charge in [-0.15, -0.1) is 0 Å². The maximum atomic E-state index is 9.14. The summed E-state index contributed by atoms with van der Waals surface area (Å²) in [6.45, 7) is 8.44. The van der Waals surface area contributed by atoms with E-state index >= 15 is 0 Å². The van der Waals surface area contributed by atoms with Crippen LogP contribution in [0.5, 0.6) is 0 Å². The van der Waals surface area contributed by atoms with Crippen LogP contribution in [0.1, 0.15) is 44.9 Å². The molecule has 1 N–H and O–H groups in total. The smallest absolute Gasteiger partial charge is 0.142 e. The molecule has 0 bridgehead atoms. The Hall–Kier alpha value is -1.50. The molecule has 17 heavy (non-hydrogen) atoms. The number of rotatable bonds is 5. The summed E-state index contributed by atoms with van der Waals surface area (Å²) in [5, 5.41) is 16.8. The molecule has 0 radical (unpaired) electrons. The normalized spacial score (nSPS) is 12.5. The first-order chi connectivity index (χ1) is 8.04. The summed E-state index contributed by atoms with van der Waals surface area (Å²) in [5.41, 5.74) is 1.44. The Morgan fingerprint density at radius 3 is 2.47 bits per heavy atom. The van der Waals surface area contributed by atoms with Gasteiger partial charge >= 0.3 is 0 Å². The summed E-state index contributed by atoms with van der Waals surface area (Å²) in [5.74, 6) is 1.46. The molecule has 0 fully saturated rings. The molecule has 0 aliphatic heterocycles. The number of aryl methyl sites for hydroxylation is 2. The molecule has 1 rings (SSSR count). The van der Waals surface area contributed by atoms with Gasteiger partial charge in [0, 0.05) is 13.1 Å². The van der Waals surface area contributed by atoms with E-state index in [0.717, 1.165) is 24.4 Å². The van der Waals surface area contributed by atoms with Gasteiger partial charge in [-0.2, -0.15) is 10.4 Å². The molecule has 0 spiro atoms. The molecule has 4 nitrogen and oxygen atoms in total. The third kappa shape index (κ3) is 2.79. The van der Waals surface area contributed by atoms with Crippen LogP contribution in [0.15, 0.2) is 0 Å². The number of aromatic nitrogens is 2. The first-order valence-corrected chi connectivity index (χ1v) is 6.25. The lowest BCUT2D eigenvalue weighted by atomic mass is 9.95. The second-order valence-corrected chi connectivity index (χ2v) is 4.55. The van der Waals surface area contributed by atoms with Crippen molar-refractivity contribution in [3.05, 3.63) is 11.3 Å². The lowest BCUT2D eigenvalue weighted by Crippen LogP contribution is -2.26. The largest absolute Gasteiger partial charge is 0.366 e. The Balaban J connectivity index is 2.92. The third-order valence-corrected chi connectivity index (χ3v) is 3.45. The minimum Gasteiger partial charge on any atom is -0.366 e. The highest BCUT2D eigenvalue weighted by molar-refractivity contribution is 5.55. The molecule has 94 valence electrons. The molecule has 1 unspecified atom stereocenters. The van der Waals surface area contributed by atoms with Crippen LogP contribution >= 0.6 is 0 Å². The van der Waals surface area contributed by atoms with Crippen molar-refractivity contribution in [2.24, 2.45) is 13.0 Å². The van der Waals surface area contributed by atoms with E-state index in [1.807, 2.05) is 14.0 Å². The fraction of sp³-hybridized carbons (Fsp3) is 0.692. The molecule has 1 aromatic heterocycles. The topological polar surface area (TPSA) is 53.6 Å². The van der Waals surface area contributed by atoms with Crippen LogP contribution in [0, 0.1) is 24.2 Å². The van der Waals surface area contributed by atoms with Gasteiger partial charge in [-0.25, -0.2) is 0 Å². The van der Waals surface area contributed by atoms with Crippen LogP contribution in [0.4, 0.5) is 5.82 Å². The van der Waals surface area contributed by atoms with E-state index in [1.165, 1.54) is 0 Å². The van der Waals surface area contributed by atoms with E-state index in [-0.39, 0.29) is 0 Å². The predicted octanol–water partition coefficient (Wildman–Crippen LogP) is 2.84. The molecule has 1 aromatic rings. The van der Waals surface area contributed by atoms with Crippen LogP contribution < -0.4 is 5.32 Å². The molecular formula is C13H22N4. The van der Waals surface area contributed by atoms with Crippen molar-refractivity contribution in [3.8, 4) is 6.07 Å². The maximum Gasteiger partial charge on any atom is 0.142 e. The van der Waals surface area contributed by atoms with E-state index in [0.29, 0.717) is 17.5 Å². The zero-order chi connectivity index (χ0) is 13.0. The molecule has 0 aromatic carbocycles. The highest BCUT2D eigenvalue weighted by atomic mass is 15.3. The molecular weight excluding hydrogens is 212 g/mol. The van der Waals surface area contributed by atoms with Gasteiger partial charge in [-0.05, 0) is 19.8 Å². The Morgan fingerprint density at radius 1 is 1.41 bits per heavy atom. The van der Waals surface area contributed by atoms with Gasteiger partial charge in [0.1, 0.15) is 17.5 Å². The molecule has 0 aliphatic carbocycles. The van der Waals surface area contributed by atoms with E-state index < -0.39 is 0 Å². The van der Waals surface area contributed by atoms with Crippen molar-refractivity contribution < 1.29 is 0 Å². The SMILES string of the molecule is CCC(CC)C(C)Nc1c(C#N)c(C)nn1C. The molecule has 0 aliphatic rings. The minimum absolute atomic E-state index is 0.354. The monoisotopic (exact) mass is 234 g/mol. The van der Waals surface area contributed by atoms with E-state index in [9.17, 15) is 0 Å². The Labute approximate surface area is 104 Å². The fourth-order valence-electron chi connectivity index (χ4n) is 2.29. The van der Waals surface area contributed by atoms with Crippen molar-refractivity contribution >= 4 is 5.82 Å². The van der Waals surface area contributed by atoms with Crippen LogP contribution in [-0.4, -0.2) is 15.8 Å². The first-order valence-electron chi connectivity index (χ1n) is 6.25. The quantitative estimate of drug-likeness (QED) is 0.852. The fourth-order valence-corrected chi connectivity index (χ4v) is 2.29. The number of anilines is 1. The van der Waals surface area contributed by atoms with Crippen molar-refractivity contribution in [2.45, 2.75) is 46.6 Å². The second kappa shape index (κ2) is 5.72. The number of nitrogens with one attached hydrogen (secondary N) is 1. The number of hydrogen-bond donors (Lipinski definition) is 1. The van der Waals surface area contributed by atoms with Crippen LogP contribution in [0.3, 0.4) is 0 Å². The average molecular weight is 234 g/mol. The average Bonchev–Trinajstić information content (AvgIpc) is 2.55. The summed E-state index contributed by atoms with van der Waals surface area (Å²) in [6, 6.07) is 2.57. The molecule has 1 atom stereocenters. The van der Waals surface area contributed by atoms with Crippen molar-refractivity contribution in [2.75, 3.05) is 5.32 Å². The first kappa shape index (κ1) is 13.6. The zero-order valence-corrected chi connectivity index (χ0v) is 11.4. The van der Waals surface area contributed by atoms with Crippen LogP contribution in [-0.2, 0) is 7.05 Å². The van der Waals surface area contributed by atoms with Gasteiger partial charge in [-0.3, -0.25) is 4.68 Å². The van der Waals surface area contributed by atoms with E-state index in [1.54, 1.807) is 4.68 Å². The molecule has 1 heterocycles. The van der Waals surface area contributed by atoms with Crippen LogP contribution in [0.25, 0.3) is 0 Å². The van der Waals surface area contributed by atoms with Crippen molar-refractivity contribution in [1.82, 2.24) is 9.78 Å². The number of hydrogen-bond acceptors (Lipinski definition) is 3. The van der Waals surface area contributed by atoms with Gasteiger partial charge < -0.3 is 5.32 Å². The zero-order valence-electron chi connectivity index (χ0n) is 11.4. The summed E-state index contributed by atoms with van der Waals surface area (Å²) in [6.07, 6.45) is 2.28. The lowest BCUT2D eigenvalue weighted by molar-refractivity contribution is 0.435. The standard InChI is InChI=1S/C13H22N4/c1-6-11(7-2)9(3)15-13-12(8-14)10(4)16-17(13)5/h9,11,15H,6-7H2,1-5H3. The van der Waals surface area contributed by atoms with Gasteiger partial charge in [-0.1, -0.05) is 26.7 Å². The van der Waals surface area contributed by atoms with Crippen molar-refractivity contribution in [1.29, 1.82) is 5.26 Å². The molecule has 4 heteroatoms. The highest BCUT2D eigenvalue weighted by Crippen LogP contribution is 2.22. The lowest BCUT2D eigenvalue weighted by Gasteiger charge is -2.23. The van der Waals surface area contributed by atoms with Gasteiger partial charge in [0.25, 0.3) is 0 Å². The van der Waals surface area contributed by atoms with E-state index in [4.69, 9.17) is 5.26 Å². The molecule has 0 saturated carbocycles. The van der Waals surface area contributed by atoms with Gasteiger partial charge in [0.15, 0.2) is 0 Å². The Kier molecular flexibility index (Phi) is 4.56. The Bertz CT molecular complexity index is 410. The number of nitriles is 1. The maximum absolute atomic E-state index is 9.14. The summed E-state index contributed by atoms with van der Waals surface area (Å²) >= 11 is 0. The minimum atomic E-state index is 0.354. The van der Waals surface area contributed by atoms with Crippen LogP contribution in [0.2, 0.25) is 0 Å². The molecule has 0 saturated heterocycles. The summed E-state index contributed by atoms with van der Waals surface area (Å²) in [4.78, 5) is 0. The van der Waals surface area contributed by atoms with Gasteiger partial charge in [0.05, 0.1) is 5.69 Å². The molecule has 0 amide bonds. The number of nitrogens with zero attached hydrogens (tertiary/aromatic N) is 3. The van der Waals surface area contributed by atoms with Gasteiger partial charge in [0.2, 0.25) is 0 Å². The van der Waals surface area contributed by atoms with Crippen molar-refractivity contribution in [3.63, 3.8) is 0 Å². The Morgan fingerprint density at radius 2 is 2.00 bits per heavy atom. The summed E-state index contributed by atoms with van der Waals surface area (Å²) < 4.78 is 1.76. The predicted molar refractivity (Wildman–Crippen MR) is 69.8 cm³/mol. The van der Waals surface area contributed by atoms with E-state index in [2.05, 4.69) is 37.3 Å². The second-order valence-electron chi connectivity index (χ2n) is 4.55.